The molecule has 0 fully saturated rings. The van der Waals surface area contributed by atoms with Crippen molar-refractivity contribution in [1.82, 2.24) is 14.5 Å². The monoisotopic (exact) mass is 278 g/mol. The van der Waals surface area contributed by atoms with Crippen LogP contribution in [0.1, 0.15) is 0 Å². The number of nitrogens with zero attached hydrogens (tertiary/aromatic N) is 3. The lowest BCUT2D eigenvalue weighted by Gasteiger charge is -2.07. The van der Waals surface area contributed by atoms with E-state index in [-0.39, 0.29) is 5.69 Å². The minimum atomic E-state index is -0.411. The average Bonchev–Trinajstić information content (AvgIpc) is 2.95. The molecule has 1 aromatic carbocycles. The summed E-state index contributed by atoms with van der Waals surface area (Å²) in [7, 11) is 0. The fraction of sp³-hybridized carbons (Fsp3) is 0. The van der Waals surface area contributed by atoms with Crippen LogP contribution in [-0.2, 0) is 0 Å². The molecule has 4 aromatic rings. The van der Waals surface area contributed by atoms with Crippen molar-refractivity contribution in [3.8, 4) is 5.82 Å². The fourth-order valence-corrected chi connectivity index (χ4v) is 2.49. The largest absolute Gasteiger partial charge is 0.396 e. The molecule has 0 spiro atoms. The zero-order valence-electron chi connectivity index (χ0n) is 11.0. The summed E-state index contributed by atoms with van der Waals surface area (Å²) in [6, 6.07) is 8.91. The van der Waals surface area contributed by atoms with E-state index >= 15 is 0 Å². The second-order valence-corrected chi connectivity index (χ2v) is 4.85. The first-order valence-electron chi connectivity index (χ1n) is 6.49. The smallest absolute Gasteiger partial charge is 0.154 e. The molecule has 21 heavy (non-hydrogen) atoms. The molecular formula is C16H11FN4. The van der Waals surface area contributed by atoms with Crippen LogP contribution in [-0.4, -0.2) is 14.5 Å². The summed E-state index contributed by atoms with van der Waals surface area (Å²) in [5.41, 5.74) is 6.70. The van der Waals surface area contributed by atoms with Crippen molar-refractivity contribution in [3.63, 3.8) is 0 Å². The van der Waals surface area contributed by atoms with E-state index in [9.17, 15) is 4.39 Å². The molecule has 0 saturated carbocycles. The molecule has 0 aliphatic carbocycles. The Morgan fingerprint density at radius 2 is 1.95 bits per heavy atom. The molecule has 0 saturated heterocycles. The maximum atomic E-state index is 14.2. The summed E-state index contributed by atoms with van der Waals surface area (Å²) in [6.45, 7) is 0. The number of hydrogen-bond donors (Lipinski definition) is 1. The standard InChI is InChI=1S/C16H11FN4/c17-16-12-7-15(20-8-11(12)1-2-13(16)18)21-6-4-10-3-5-19-9-14(10)21/h1-9H,18H2. The van der Waals surface area contributed by atoms with Gasteiger partial charge in [0.25, 0.3) is 0 Å². The van der Waals surface area contributed by atoms with E-state index in [0.717, 1.165) is 16.3 Å². The van der Waals surface area contributed by atoms with Gasteiger partial charge in [0.15, 0.2) is 5.82 Å². The highest BCUT2D eigenvalue weighted by molar-refractivity contribution is 5.87. The topological polar surface area (TPSA) is 56.7 Å². The Kier molecular flexibility index (Phi) is 2.41. The van der Waals surface area contributed by atoms with Gasteiger partial charge in [-0.3, -0.25) is 9.55 Å². The van der Waals surface area contributed by atoms with Gasteiger partial charge in [-0.1, -0.05) is 6.07 Å². The highest BCUT2D eigenvalue weighted by Crippen LogP contribution is 2.25. The number of nitrogen functional groups attached to an aromatic ring is 1. The summed E-state index contributed by atoms with van der Waals surface area (Å²) in [4.78, 5) is 8.52. The minimum Gasteiger partial charge on any atom is -0.396 e. The number of benzene rings is 1. The Hall–Kier alpha value is -2.95. The number of aromatic nitrogens is 3. The maximum Gasteiger partial charge on any atom is 0.154 e. The van der Waals surface area contributed by atoms with Gasteiger partial charge in [0, 0.05) is 34.7 Å². The lowest BCUT2D eigenvalue weighted by Crippen LogP contribution is -1.98. The van der Waals surface area contributed by atoms with E-state index in [0.29, 0.717) is 11.2 Å². The van der Waals surface area contributed by atoms with E-state index in [2.05, 4.69) is 9.97 Å². The zero-order valence-corrected chi connectivity index (χ0v) is 11.0. The van der Waals surface area contributed by atoms with Crippen molar-refractivity contribution < 1.29 is 4.39 Å². The number of fused-ring (bicyclic) bond motifs is 2. The predicted octanol–water partition coefficient (Wildman–Crippen LogP) is 3.30. The quantitative estimate of drug-likeness (QED) is 0.543. The second kappa shape index (κ2) is 4.28. The molecule has 0 atom stereocenters. The molecule has 0 unspecified atom stereocenters. The van der Waals surface area contributed by atoms with Gasteiger partial charge in [0.1, 0.15) is 5.82 Å². The molecule has 0 aliphatic rings. The van der Waals surface area contributed by atoms with Crippen molar-refractivity contribution in [3.05, 3.63) is 60.9 Å². The van der Waals surface area contributed by atoms with Gasteiger partial charge in [-0.25, -0.2) is 9.37 Å². The normalized spacial score (nSPS) is 11.3. The van der Waals surface area contributed by atoms with Crippen LogP contribution in [0.3, 0.4) is 0 Å². The van der Waals surface area contributed by atoms with E-state index in [1.165, 1.54) is 0 Å². The third-order valence-corrected chi connectivity index (χ3v) is 3.59. The molecule has 3 aromatic heterocycles. The van der Waals surface area contributed by atoms with Gasteiger partial charge in [-0.15, -0.1) is 0 Å². The highest BCUT2D eigenvalue weighted by Gasteiger charge is 2.09. The van der Waals surface area contributed by atoms with Crippen LogP contribution in [0.4, 0.5) is 10.1 Å². The lowest BCUT2D eigenvalue weighted by atomic mass is 10.1. The van der Waals surface area contributed by atoms with E-state index in [1.807, 2.05) is 22.9 Å². The van der Waals surface area contributed by atoms with Crippen LogP contribution < -0.4 is 5.73 Å². The number of halogens is 1. The van der Waals surface area contributed by atoms with Gasteiger partial charge in [-0.05, 0) is 24.3 Å². The molecule has 2 N–H and O–H groups in total. The molecule has 0 bridgehead atoms. The fourth-order valence-electron chi connectivity index (χ4n) is 2.49. The second-order valence-electron chi connectivity index (χ2n) is 4.85. The van der Waals surface area contributed by atoms with Crippen LogP contribution in [0.2, 0.25) is 0 Å². The van der Waals surface area contributed by atoms with Crippen LogP contribution in [0.15, 0.2) is 55.1 Å². The molecule has 0 aliphatic heterocycles. The molecule has 102 valence electrons. The van der Waals surface area contributed by atoms with Crippen LogP contribution in [0, 0.1) is 5.82 Å². The first-order valence-corrected chi connectivity index (χ1v) is 6.49. The van der Waals surface area contributed by atoms with Gasteiger partial charge in [0.05, 0.1) is 17.4 Å². The Labute approximate surface area is 119 Å². The SMILES string of the molecule is Nc1ccc2cnc(-n3ccc4ccncc43)cc2c1F. The van der Waals surface area contributed by atoms with Gasteiger partial charge >= 0.3 is 0 Å². The van der Waals surface area contributed by atoms with Crippen molar-refractivity contribution >= 4 is 27.4 Å². The molecular weight excluding hydrogens is 267 g/mol. The Morgan fingerprint density at radius 3 is 2.86 bits per heavy atom. The number of pyridine rings is 2. The zero-order chi connectivity index (χ0) is 14.4. The molecule has 3 heterocycles. The summed E-state index contributed by atoms with van der Waals surface area (Å²) < 4.78 is 16.0. The van der Waals surface area contributed by atoms with Gasteiger partial charge in [0.2, 0.25) is 0 Å². The first-order chi connectivity index (χ1) is 10.2. The lowest BCUT2D eigenvalue weighted by molar-refractivity contribution is 0.644. The first kappa shape index (κ1) is 11.8. The number of hydrogen-bond acceptors (Lipinski definition) is 3. The molecule has 0 radical (unpaired) electrons. The third-order valence-electron chi connectivity index (χ3n) is 3.59. The summed E-state index contributed by atoms with van der Waals surface area (Å²) in [5.74, 6) is 0.223. The maximum absolute atomic E-state index is 14.2. The summed E-state index contributed by atoms with van der Waals surface area (Å²) >= 11 is 0. The minimum absolute atomic E-state index is 0.138. The van der Waals surface area contributed by atoms with Gasteiger partial charge in [-0.2, -0.15) is 0 Å². The number of rotatable bonds is 1. The Morgan fingerprint density at radius 1 is 1.05 bits per heavy atom. The van der Waals surface area contributed by atoms with E-state index < -0.39 is 5.82 Å². The Bertz CT molecular complexity index is 975. The van der Waals surface area contributed by atoms with Gasteiger partial charge < -0.3 is 5.73 Å². The predicted molar refractivity (Wildman–Crippen MR) is 80.7 cm³/mol. The molecule has 0 amide bonds. The van der Waals surface area contributed by atoms with Crippen LogP contribution >= 0.6 is 0 Å². The highest BCUT2D eigenvalue weighted by atomic mass is 19.1. The number of anilines is 1. The van der Waals surface area contributed by atoms with E-state index in [4.69, 9.17) is 5.73 Å². The summed E-state index contributed by atoms with van der Waals surface area (Å²) in [6.07, 6.45) is 7.04. The van der Waals surface area contributed by atoms with Crippen molar-refractivity contribution in [1.29, 1.82) is 0 Å². The van der Waals surface area contributed by atoms with Crippen molar-refractivity contribution in [2.75, 3.05) is 5.73 Å². The number of nitrogens with two attached hydrogens (primary N) is 1. The Balaban J connectivity index is 2.00. The third kappa shape index (κ3) is 1.74. The van der Waals surface area contributed by atoms with Crippen molar-refractivity contribution in [2.45, 2.75) is 0 Å². The van der Waals surface area contributed by atoms with Crippen LogP contribution in [0.5, 0.6) is 0 Å². The van der Waals surface area contributed by atoms with Crippen molar-refractivity contribution in [2.24, 2.45) is 0 Å². The average molecular weight is 278 g/mol. The van der Waals surface area contributed by atoms with Crippen LogP contribution in [0.25, 0.3) is 27.5 Å². The summed E-state index contributed by atoms with van der Waals surface area (Å²) in [5, 5.41) is 2.24. The molecule has 4 nitrogen and oxygen atoms in total. The van der Waals surface area contributed by atoms with E-state index in [1.54, 1.807) is 36.8 Å². The molecule has 5 heteroatoms. The molecule has 4 rings (SSSR count).